The Morgan fingerprint density at radius 2 is 1.95 bits per heavy atom. The molecule has 1 aromatic heterocycles. The van der Waals surface area contributed by atoms with Crippen molar-refractivity contribution in [3.05, 3.63) is 42.2 Å². The fourth-order valence-electron chi connectivity index (χ4n) is 1.49. The molecule has 2 aromatic rings. The predicted molar refractivity (Wildman–Crippen MR) is 70.1 cm³/mol. The molecule has 1 heterocycles. The number of carbonyl (C=O) groups is 2. The third kappa shape index (κ3) is 2.85. The minimum atomic E-state index is -0.890. The molecule has 5 nitrogen and oxygen atoms in total. The first-order chi connectivity index (χ1) is 9.13. The first-order valence-electron chi connectivity index (χ1n) is 5.50. The Bertz CT molecular complexity index is 608. The van der Waals surface area contributed by atoms with Gasteiger partial charge in [0.2, 0.25) is 0 Å². The summed E-state index contributed by atoms with van der Waals surface area (Å²) in [7, 11) is 2.87. The monoisotopic (exact) mass is 276 g/mol. The van der Waals surface area contributed by atoms with Crippen LogP contribution in [-0.4, -0.2) is 28.4 Å². The van der Waals surface area contributed by atoms with Crippen molar-refractivity contribution >= 4 is 23.5 Å². The zero-order valence-corrected chi connectivity index (χ0v) is 11.3. The number of rotatable bonds is 4. The maximum absolute atomic E-state index is 11.7. The van der Waals surface area contributed by atoms with Gasteiger partial charge < -0.3 is 9.30 Å². The molecule has 98 valence electrons. The summed E-state index contributed by atoms with van der Waals surface area (Å²) in [4.78, 5) is 28.1. The van der Waals surface area contributed by atoms with Crippen LogP contribution in [0.15, 0.2) is 46.6 Å². The number of ketones is 1. The summed E-state index contributed by atoms with van der Waals surface area (Å²) in [5.41, 5.74) is 0.213. The molecule has 0 radical (unpaired) electrons. The van der Waals surface area contributed by atoms with Crippen molar-refractivity contribution < 1.29 is 14.3 Å². The highest BCUT2D eigenvalue weighted by Gasteiger charge is 2.22. The Morgan fingerprint density at radius 1 is 1.26 bits per heavy atom. The lowest BCUT2D eigenvalue weighted by Gasteiger charge is -2.04. The Morgan fingerprint density at radius 3 is 2.58 bits per heavy atom. The number of hydrogen-bond acceptors (Lipinski definition) is 5. The van der Waals surface area contributed by atoms with Gasteiger partial charge in [-0.25, -0.2) is 9.78 Å². The fraction of sp³-hybridized carbons (Fsp3) is 0.154. The van der Waals surface area contributed by atoms with E-state index in [1.54, 1.807) is 11.6 Å². The highest BCUT2D eigenvalue weighted by molar-refractivity contribution is 7.99. The van der Waals surface area contributed by atoms with Crippen molar-refractivity contribution in [2.75, 3.05) is 7.11 Å². The second-order valence-electron chi connectivity index (χ2n) is 3.72. The van der Waals surface area contributed by atoms with E-state index in [-0.39, 0.29) is 5.69 Å². The standard InChI is InChI=1S/C13H12N2O3S/c1-15-10(11(16)12(17)18-2)8-14-13(15)19-9-6-4-3-5-7-9/h3-8H,1-2H3. The molecule has 0 amide bonds. The molecule has 0 aliphatic carbocycles. The van der Waals surface area contributed by atoms with Crippen LogP contribution in [0.1, 0.15) is 10.5 Å². The maximum atomic E-state index is 11.7. The van der Waals surface area contributed by atoms with E-state index in [1.165, 1.54) is 25.1 Å². The zero-order chi connectivity index (χ0) is 13.8. The lowest BCUT2D eigenvalue weighted by atomic mass is 10.3. The number of Topliss-reactive ketones (excluding diaryl/α,β-unsaturated/α-hetero) is 1. The third-order valence-corrected chi connectivity index (χ3v) is 3.57. The Kier molecular flexibility index (Phi) is 4.01. The molecule has 0 saturated heterocycles. The smallest absolute Gasteiger partial charge is 0.381 e. The molecule has 0 unspecified atom stereocenters. The highest BCUT2D eigenvalue weighted by atomic mass is 32.2. The SMILES string of the molecule is COC(=O)C(=O)c1cnc(Sc2ccccc2)n1C. The lowest BCUT2D eigenvalue weighted by molar-refractivity contribution is -0.135. The average molecular weight is 276 g/mol. The second-order valence-corrected chi connectivity index (χ2v) is 4.76. The number of carbonyl (C=O) groups excluding carboxylic acids is 2. The van der Waals surface area contributed by atoms with Crippen molar-refractivity contribution in [1.82, 2.24) is 9.55 Å². The van der Waals surface area contributed by atoms with E-state index in [2.05, 4.69) is 9.72 Å². The molecule has 6 heteroatoms. The summed E-state index contributed by atoms with van der Waals surface area (Å²) in [6, 6.07) is 9.66. The summed E-state index contributed by atoms with van der Waals surface area (Å²) in [6.07, 6.45) is 1.38. The molecule has 1 aromatic carbocycles. The molecule has 0 atom stereocenters. The summed E-state index contributed by atoms with van der Waals surface area (Å²) < 4.78 is 5.99. The molecular formula is C13H12N2O3S. The molecule has 2 rings (SSSR count). The summed E-state index contributed by atoms with van der Waals surface area (Å²) in [5.74, 6) is -1.59. The van der Waals surface area contributed by atoms with Gasteiger partial charge in [0.05, 0.1) is 13.3 Å². The predicted octanol–water partition coefficient (Wildman–Crippen LogP) is 1.93. The van der Waals surface area contributed by atoms with Crippen molar-refractivity contribution in [1.29, 1.82) is 0 Å². The van der Waals surface area contributed by atoms with E-state index < -0.39 is 11.8 Å². The van der Waals surface area contributed by atoms with E-state index in [9.17, 15) is 9.59 Å². The number of methoxy groups -OCH3 is 1. The molecule has 0 aliphatic rings. The van der Waals surface area contributed by atoms with Crippen molar-refractivity contribution in [3.8, 4) is 0 Å². The van der Waals surface area contributed by atoms with Crippen LogP contribution in [0.4, 0.5) is 0 Å². The van der Waals surface area contributed by atoms with E-state index >= 15 is 0 Å². The average Bonchev–Trinajstić information content (AvgIpc) is 2.80. The third-order valence-electron chi connectivity index (χ3n) is 2.50. The van der Waals surface area contributed by atoms with Crippen LogP contribution in [0, 0.1) is 0 Å². The van der Waals surface area contributed by atoms with Crippen LogP contribution in [0.5, 0.6) is 0 Å². The van der Waals surface area contributed by atoms with E-state index in [1.807, 2.05) is 30.3 Å². The molecular weight excluding hydrogens is 264 g/mol. The van der Waals surface area contributed by atoms with Crippen LogP contribution >= 0.6 is 11.8 Å². The van der Waals surface area contributed by atoms with Crippen molar-refractivity contribution in [3.63, 3.8) is 0 Å². The zero-order valence-electron chi connectivity index (χ0n) is 10.5. The van der Waals surface area contributed by atoms with Gasteiger partial charge in [-0.05, 0) is 12.1 Å². The fourth-order valence-corrected chi connectivity index (χ4v) is 2.33. The van der Waals surface area contributed by atoms with Crippen LogP contribution in [0.25, 0.3) is 0 Å². The highest BCUT2D eigenvalue weighted by Crippen LogP contribution is 2.26. The quantitative estimate of drug-likeness (QED) is 0.485. The van der Waals surface area contributed by atoms with Gasteiger partial charge >= 0.3 is 5.97 Å². The summed E-state index contributed by atoms with van der Waals surface area (Å²) in [6.45, 7) is 0. The Balaban J connectivity index is 2.24. The van der Waals surface area contributed by atoms with Gasteiger partial charge in [0.25, 0.3) is 5.78 Å². The number of imidazole rings is 1. The van der Waals surface area contributed by atoms with Gasteiger partial charge in [0, 0.05) is 11.9 Å². The Hall–Kier alpha value is -2.08. The largest absolute Gasteiger partial charge is 0.463 e. The van der Waals surface area contributed by atoms with Gasteiger partial charge in [-0.2, -0.15) is 0 Å². The number of hydrogen-bond donors (Lipinski definition) is 0. The summed E-state index contributed by atoms with van der Waals surface area (Å²) in [5, 5.41) is 0.637. The number of esters is 1. The molecule has 0 N–H and O–H groups in total. The molecule has 0 spiro atoms. The van der Waals surface area contributed by atoms with Crippen molar-refractivity contribution in [2.24, 2.45) is 7.05 Å². The lowest BCUT2D eigenvalue weighted by Crippen LogP contribution is -2.18. The number of ether oxygens (including phenoxy) is 1. The maximum Gasteiger partial charge on any atom is 0.381 e. The summed E-state index contributed by atoms with van der Waals surface area (Å²) >= 11 is 1.42. The normalized spacial score (nSPS) is 10.2. The van der Waals surface area contributed by atoms with E-state index in [0.29, 0.717) is 5.16 Å². The van der Waals surface area contributed by atoms with Gasteiger partial charge in [-0.1, -0.05) is 30.0 Å². The number of nitrogens with zero attached hydrogens (tertiary/aromatic N) is 2. The van der Waals surface area contributed by atoms with Gasteiger partial charge in [0.1, 0.15) is 5.69 Å². The first kappa shape index (κ1) is 13.4. The second kappa shape index (κ2) is 5.71. The van der Waals surface area contributed by atoms with Crippen molar-refractivity contribution in [2.45, 2.75) is 10.1 Å². The number of benzene rings is 1. The number of aromatic nitrogens is 2. The molecule has 0 fully saturated rings. The van der Waals surface area contributed by atoms with Crippen LogP contribution in [0.2, 0.25) is 0 Å². The topological polar surface area (TPSA) is 61.2 Å². The van der Waals surface area contributed by atoms with E-state index in [0.717, 1.165) is 4.90 Å². The molecule has 0 saturated carbocycles. The van der Waals surface area contributed by atoms with Crippen LogP contribution < -0.4 is 0 Å². The van der Waals surface area contributed by atoms with Gasteiger partial charge in [-0.15, -0.1) is 0 Å². The Labute approximate surface area is 114 Å². The molecule has 0 aliphatic heterocycles. The van der Waals surface area contributed by atoms with Crippen LogP contribution in [-0.2, 0) is 16.6 Å². The van der Waals surface area contributed by atoms with E-state index in [4.69, 9.17) is 0 Å². The molecule has 0 bridgehead atoms. The molecule has 19 heavy (non-hydrogen) atoms. The van der Waals surface area contributed by atoms with Crippen LogP contribution in [0.3, 0.4) is 0 Å². The van der Waals surface area contributed by atoms with Gasteiger partial charge in [-0.3, -0.25) is 4.79 Å². The minimum absolute atomic E-state index is 0.213. The minimum Gasteiger partial charge on any atom is -0.463 e. The first-order valence-corrected chi connectivity index (χ1v) is 6.32. The van der Waals surface area contributed by atoms with Gasteiger partial charge in [0.15, 0.2) is 5.16 Å².